The Kier molecular flexibility index (Phi) is 9.06. The van der Waals surface area contributed by atoms with Gasteiger partial charge in [-0.3, -0.25) is 0 Å². The number of hydrogen-bond donors (Lipinski definition) is 0. The van der Waals surface area contributed by atoms with Crippen molar-refractivity contribution in [2.45, 2.75) is 76.3 Å². The highest BCUT2D eigenvalue weighted by Gasteiger charge is 2.77. The van der Waals surface area contributed by atoms with Crippen LogP contribution in [0.15, 0.2) is 0 Å². The zero-order valence-corrected chi connectivity index (χ0v) is 16.8. The molecule has 0 aliphatic heterocycles. The van der Waals surface area contributed by atoms with Crippen LogP contribution in [-0.2, 0) is 14.3 Å². The first-order chi connectivity index (χ1) is 13.9. The van der Waals surface area contributed by atoms with Gasteiger partial charge in [0.1, 0.15) is 0 Å². The summed E-state index contributed by atoms with van der Waals surface area (Å²) in [5, 5.41) is 0. The smallest absolute Gasteiger partial charge is 0.425 e. The summed E-state index contributed by atoms with van der Waals surface area (Å²) in [6.07, 6.45) is -15.0. The Morgan fingerprint density at radius 2 is 1.48 bits per heavy atom. The van der Waals surface area contributed by atoms with Crippen molar-refractivity contribution in [3.8, 4) is 0 Å². The van der Waals surface area contributed by atoms with E-state index in [4.69, 9.17) is 0 Å². The maximum Gasteiger partial charge on any atom is 0.425 e. The van der Waals surface area contributed by atoms with E-state index >= 15 is 0 Å². The molecule has 0 radical (unpaired) electrons. The maximum absolute atomic E-state index is 13.6. The van der Waals surface area contributed by atoms with Gasteiger partial charge >= 0.3 is 30.2 Å². The Morgan fingerprint density at radius 3 is 1.97 bits per heavy atom. The van der Waals surface area contributed by atoms with Gasteiger partial charge in [-0.05, 0) is 18.8 Å². The van der Waals surface area contributed by atoms with Gasteiger partial charge in [0.05, 0.1) is 19.6 Å². The SMILES string of the molecule is CC(C)C1C(CCCCCOC(=O)C(OCCC(F)(F)F)C(F)(F)F)C(F)(F)C1(F)F. The third kappa shape index (κ3) is 7.11. The van der Waals surface area contributed by atoms with Crippen LogP contribution < -0.4 is 0 Å². The van der Waals surface area contributed by atoms with Gasteiger partial charge in [0, 0.05) is 11.8 Å². The molecule has 3 atom stereocenters. The van der Waals surface area contributed by atoms with E-state index in [0.29, 0.717) is 0 Å². The van der Waals surface area contributed by atoms with Crippen molar-refractivity contribution >= 4 is 5.97 Å². The van der Waals surface area contributed by atoms with Crippen molar-refractivity contribution in [1.82, 2.24) is 0 Å². The fourth-order valence-corrected chi connectivity index (χ4v) is 3.58. The minimum atomic E-state index is -5.28. The Morgan fingerprint density at radius 1 is 0.903 bits per heavy atom. The van der Waals surface area contributed by atoms with Crippen LogP contribution in [0.5, 0.6) is 0 Å². The first kappa shape index (κ1) is 27.8. The van der Waals surface area contributed by atoms with E-state index in [0.717, 1.165) is 0 Å². The molecule has 1 saturated carbocycles. The van der Waals surface area contributed by atoms with Crippen LogP contribution in [-0.4, -0.2) is 49.5 Å². The van der Waals surface area contributed by atoms with E-state index in [2.05, 4.69) is 9.47 Å². The number of rotatable bonds is 11. The zero-order chi connectivity index (χ0) is 24.3. The molecule has 1 aliphatic carbocycles. The topological polar surface area (TPSA) is 35.5 Å². The molecule has 0 aromatic heterocycles. The molecule has 0 spiro atoms. The number of carbonyl (C=O) groups is 1. The van der Waals surface area contributed by atoms with E-state index in [9.17, 15) is 48.7 Å². The van der Waals surface area contributed by atoms with Crippen LogP contribution in [0.25, 0.3) is 0 Å². The fourth-order valence-electron chi connectivity index (χ4n) is 3.58. The molecule has 0 heterocycles. The zero-order valence-electron chi connectivity index (χ0n) is 16.8. The van der Waals surface area contributed by atoms with Gasteiger partial charge < -0.3 is 9.47 Å². The summed E-state index contributed by atoms with van der Waals surface area (Å²) in [6, 6.07) is 0. The molecule has 0 amide bonds. The second-order valence-corrected chi connectivity index (χ2v) is 7.80. The lowest BCUT2D eigenvalue weighted by molar-refractivity contribution is -0.363. The molecule has 1 aliphatic rings. The molecule has 0 bridgehead atoms. The second-order valence-electron chi connectivity index (χ2n) is 7.80. The molecular weight excluding hydrogens is 454 g/mol. The summed E-state index contributed by atoms with van der Waals surface area (Å²) in [5.41, 5.74) is 0. The van der Waals surface area contributed by atoms with E-state index in [1.807, 2.05) is 0 Å². The summed E-state index contributed by atoms with van der Waals surface area (Å²) in [6.45, 7) is 0.876. The highest BCUT2D eigenvalue weighted by molar-refractivity contribution is 5.75. The van der Waals surface area contributed by atoms with Crippen LogP contribution in [0.4, 0.5) is 43.9 Å². The number of unbranched alkanes of at least 4 members (excludes halogenated alkanes) is 2. The normalized spacial score (nSPS) is 24.0. The average molecular weight is 478 g/mol. The Labute approximate surface area is 172 Å². The van der Waals surface area contributed by atoms with Gasteiger partial charge in [-0.15, -0.1) is 0 Å². The molecule has 3 unspecified atom stereocenters. The van der Waals surface area contributed by atoms with Crippen LogP contribution >= 0.6 is 0 Å². The fraction of sp³-hybridized carbons (Fsp3) is 0.944. The highest BCUT2D eigenvalue weighted by atomic mass is 19.4. The predicted octanol–water partition coefficient (Wildman–Crippen LogP) is 6.16. The van der Waals surface area contributed by atoms with Crippen LogP contribution in [0, 0.1) is 17.8 Å². The lowest BCUT2D eigenvalue weighted by Crippen LogP contribution is -2.67. The minimum Gasteiger partial charge on any atom is -0.464 e. The summed E-state index contributed by atoms with van der Waals surface area (Å²) in [5.74, 6) is -13.8. The Balaban J connectivity index is 2.40. The maximum atomic E-state index is 13.6. The van der Waals surface area contributed by atoms with Gasteiger partial charge in [-0.25, -0.2) is 4.79 Å². The summed E-state index contributed by atoms with van der Waals surface area (Å²) in [7, 11) is 0. The highest BCUT2D eigenvalue weighted by Crippen LogP contribution is 2.63. The van der Waals surface area contributed by atoms with E-state index in [1.54, 1.807) is 0 Å². The van der Waals surface area contributed by atoms with Crippen LogP contribution in [0.1, 0.15) is 46.0 Å². The van der Waals surface area contributed by atoms with E-state index in [1.165, 1.54) is 13.8 Å². The molecule has 1 rings (SSSR count). The largest absolute Gasteiger partial charge is 0.464 e. The first-order valence-corrected chi connectivity index (χ1v) is 9.60. The average Bonchev–Trinajstić information content (AvgIpc) is 2.57. The molecule has 13 heteroatoms. The van der Waals surface area contributed by atoms with Crippen molar-refractivity contribution in [1.29, 1.82) is 0 Å². The number of alkyl halides is 10. The minimum absolute atomic E-state index is 0.0418. The predicted molar refractivity (Wildman–Crippen MR) is 87.6 cm³/mol. The van der Waals surface area contributed by atoms with Gasteiger partial charge in [-0.1, -0.05) is 26.7 Å². The number of halogens is 10. The molecule has 3 nitrogen and oxygen atoms in total. The molecule has 0 saturated heterocycles. The monoisotopic (exact) mass is 478 g/mol. The van der Waals surface area contributed by atoms with Gasteiger partial charge in [-0.2, -0.15) is 43.9 Å². The summed E-state index contributed by atoms with van der Waals surface area (Å²) < 4.78 is 137. The first-order valence-electron chi connectivity index (χ1n) is 9.60. The van der Waals surface area contributed by atoms with Crippen molar-refractivity contribution in [3.05, 3.63) is 0 Å². The number of carbonyl (C=O) groups excluding carboxylic acids is 1. The third-order valence-corrected chi connectivity index (χ3v) is 5.07. The standard InChI is InChI=1S/C18H24F10O3/c1-10(2)12-11(16(22,23)17(12,24)25)6-4-3-5-8-31-14(29)13(18(26,27)28)30-9-7-15(19,20)21/h10-13H,3-9H2,1-2H3. The van der Waals surface area contributed by atoms with Crippen molar-refractivity contribution < 1.29 is 58.2 Å². The lowest BCUT2D eigenvalue weighted by atomic mass is 9.60. The summed E-state index contributed by atoms with van der Waals surface area (Å²) >= 11 is 0. The quantitative estimate of drug-likeness (QED) is 0.203. The molecule has 0 N–H and O–H groups in total. The molecule has 0 aromatic carbocycles. The van der Waals surface area contributed by atoms with Crippen LogP contribution in [0.3, 0.4) is 0 Å². The van der Waals surface area contributed by atoms with Crippen molar-refractivity contribution in [2.24, 2.45) is 17.8 Å². The van der Waals surface area contributed by atoms with Crippen molar-refractivity contribution in [3.63, 3.8) is 0 Å². The summed E-state index contributed by atoms with van der Waals surface area (Å²) in [4.78, 5) is 11.5. The Bertz CT molecular complexity index is 586. The lowest BCUT2D eigenvalue weighted by Gasteiger charge is -2.53. The van der Waals surface area contributed by atoms with Crippen LogP contribution in [0.2, 0.25) is 0 Å². The van der Waals surface area contributed by atoms with Gasteiger partial charge in [0.25, 0.3) is 6.10 Å². The molecule has 31 heavy (non-hydrogen) atoms. The molecule has 184 valence electrons. The van der Waals surface area contributed by atoms with Gasteiger partial charge in [0.15, 0.2) is 0 Å². The molecule has 1 fully saturated rings. The Hall–Kier alpha value is -1.27. The van der Waals surface area contributed by atoms with E-state index < -0.39 is 73.7 Å². The third-order valence-electron chi connectivity index (χ3n) is 5.07. The number of esters is 1. The second kappa shape index (κ2) is 10.1. The van der Waals surface area contributed by atoms with Gasteiger partial charge in [0.2, 0.25) is 0 Å². The molecule has 0 aromatic rings. The molecular formula is C18H24F10O3. The number of ether oxygens (including phenoxy) is 2. The number of hydrogen-bond acceptors (Lipinski definition) is 3. The van der Waals surface area contributed by atoms with Crippen molar-refractivity contribution in [2.75, 3.05) is 13.2 Å². The van der Waals surface area contributed by atoms with E-state index in [-0.39, 0.29) is 25.7 Å².